The molecular formula is C12H20N4O. The molecule has 94 valence electrons. The molecule has 1 saturated heterocycles. The van der Waals surface area contributed by atoms with Crippen LogP contribution in [0.2, 0.25) is 0 Å². The summed E-state index contributed by atoms with van der Waals surface area (Å²) in [5.74, 6) is 6.06. The number of nitrogen functional groups attached to an aromatic ring is 1. The summed E-state index contributed by atoms with van der Waals surface area (Å²) in [6.07, 6.45) is 4.52. The van der Waals surface area contributed by atoms with Gasteiger partial charge in [0.2, 0.25) is 0 Å². The lowest BCUT2D eigenvalue weighted by molar-refractivity contribution is 0.0285. The third-order valence-corrected chi connectivity index (χ3v) is 3.17. The van der Waals surface area contributed by atoms with E-state index in [1.54, 1.807) is 13.3 Å². The van der Waals surface area contributed by atoms with Crippen molar-refractivity contribution in [2.45, 2.75) is 25.5 Å². The highest BCUT2D eigenvalue weighted by Crippen LogP contribution is 2.16. The summed E-state index contributed by atoms with van der Waals surface area (Å²) in [4.78, 5) is 6.51. The number of hydrogen-bond acceptors (Lipinski definition) is 5. The van der Waals surface area contributed by atoms with Crippen molar-refractivity contribution in [2.24, 2.45) is 5.84 Å². The van der Waals surface area contributed by atoms with Gasteiger partial charge in [-0.1, -0.05) is 0 Å². The quantitative estimate of drug-likeness (QED) is 0.602. The molecule has 2 rings (SSSR count). The Bertz CT molecular complexity index is 358. The van der Waals surface area contributed by atoms with E-state index in [0.717, 1.165) is 19.6 Å². The van der Waals surface area contributed by atoms with Gasteiger partial charge in [0.25, 0.3) is 0 Å². The van der Waals surface area contributed by atoms with Crippen LogP contribution in [0.25, 0.3) is 0 Å². The fraction of sp³-hybridized carbons (Fsp3) is 0.583. The summed E-state index contributed by atoms with van der Waals surface area (Å²) in [5.41, 5.74) is 3.80. The van der Waals surface area contributed by atoms with E-state index in [4.69, 9.17) is 10.6 Å². The Labute approximate surface area is 102 Å². The van der Waals surface area contributed by atoms with E-state index in [0.29, 0.717) is 11.9 Å². The topological polar surface area (TPSA) is 63.4 Å². The molecule has 0 amide bonds. The van der Waals surface area contributed by atoms with Gasteiger partial charge in [-0.15, -0.1) is 0 Å². The molecule has 1 aliphatic heterocycles. The zero-order chi connectivity index (χ0) is 12.1. The van der Waals surface area contributed by atoms with Gasteiger partial charge in [0.15, 0.2) is 0 Å². The number of likely N-dealkylation sites (tertiary alicyclic amines) is 1. The van der Waals surface area contributed by atoms with E-state index in [9.17, 15) is 0 Å². The van der Waals surface area contributed by atoms with E-state index in [1.807, 2.05) is 12.1 Å². The highest BCUT2D eigenvalue weighted by Gasteiger charge is 2.19. The molecule has 0 aliphatic carbocycles. The monoisotopic (exact) mass is 236 g/mol. The molecular weight excluding hydrogens is 216 g/mol. The number of nitrogens with one attached hydrogen (secondary N) is 1. The highest BCUT2D eigenvalue weighted by atomic mass is 16.5. The van der Waals surface area contributed by atoms with Gasteiger partial charge in [-0.25, -0.2) is 10.8 Å². The van der Waals surface area contributed by atoms with Crippen molar-refractivity contribution < 1.29 is 4.74 Å². The Morgan fingerprint density at radius 1 is 1.65 bits per heavy atom. The van der Waals surface area contributed by atoms with Gasteiger partial charge in [-0.2, -0.15) is 0 Å². The Morgan fingerprint density at radius 3 is 3.29 bits per heavy atom. The largest absolute Gasteiger partial charge is 0.380 e. The second-order valence-corrected chi connectivity index (χ2v) is 4.43. The van der Waals surface area contributed by atoms with Gasteiger partial charge in [0.05, 0.1) is 6.10 Å². The van der Waals surface area contributed by atoms with Crippen LogP contribution in [0.15, 0.2) is 18.3 Å². The highest BCUT2D eigenvalue weighted by molar-refractivity contribution is 5.35. The van der Waals surface area contributed by atoms with Crippen molar-refractivity contribution in [3.05, 3.63) is 23.9 Å². The molecule has 1 aromatic rings. The third-order valence-electron chi connectivity index (χ3n) is 3.17. The number of methoxy groups -OCH3 is 1. The summed E-state index contributed by atoms with van der Waals surface area (Å²) in [6, 6.07) is 4.01. The second-order valence-electron chi connectivity index (χ2n) is 4.43. The number of anilines is 1. The molecule has 1 fully saturated rings. The lowest BCUT2D eigenvalue weighted by atomic mass is 10.1. The number of ether oxygens (including phenoxy) is 1. The van der Waals surface area contributed by atoms with Crippen LogP contribution in [-0.2, 0) is 11.3 Å². The molecule has 0 aromatic carbocycles. The maximum Gasteiger partial charge on any atom is 0.140 e. The summed E-state index contributed by atoms with van der Waals surface area (Å²) >= 11 is 0. The Hall–Kier alpha value is -1.17. The zero-order valence-corrected chi connectivity index (χ0v) is 10.2. The molecule has 3 N–H and O–H groups in total. The van der Waals surface area contributed by atoms with Crippen LogP contribution in [0.4, 0.5) is 5.82 Å². The van der Waals surface area contributed by atoms with Crippen LogP contribution in [0, 0.1) is 0 Å². The molecule has 0 spiro atoms. The number of hydrazine groups is 1. The van der Waals surface area contributed by atoms with Crippen molar-refractivity contribution in [1.82, 2.24) is 9.88 Å². The molecule has 1 aliphatic rings. The number of rotatable bonds is 4. The standard InChI is InChI=1S/C12H20N4O/c1-17-11-3-2-6-16(9-11)8-10-4-5-14-12(7-10)15-13/h4-5,7,11H,2-3,6,8-9,13H2,1H3,(H,14,15). The lowest BCUT2D eigenvalue weighted by Crippen LogP contribution is -2.38. The molecule has 0 radical (unpaired) electrons. The van der Waals surface area contributed by atoms with Crippen molar-refractivity contribution >= 4 is 5.82 Å². The SMILES string of the molecule is COC1CCCN(Cc2ccnc(NN)c2)C1. The smallest absolute Gasteiger partial charge is 0.140 e. The van der Waals surface area contributed by atoms with Crippen LogP contribution in [0.3, 0.4) is 0 Å². The number of aromatic nitrogens is 1. The number of hydrogen-bond donors (Lipinski definition) is 2. The maximum absolute atomic E-state index is 5.42. The molecule has 1 atom stereocenters. The first kappa shape index (κ1) is 12.3. The minimum Gasteiger partial charge on any atom is -0.380 e. The predicted molar refractivity (Wildman–Crippen MR) is 67.4 cm³/mol. The third kappa shape index (κ3) is 3.39. The van der Waals surface area contributed by atoms with Crippen LogP contribution in [0.5, 0.6) is 0 Å². The van der Waals surface area contributed by atoms with Gasteiger partial charge in [0, 0.05) is 26.4 Å². The molecule has 5 heteroatoms. The van der Waals surface area contributed by atoms with Crippen LogP contribution < -0.4 is 11.3 Å². The number of piperidine rings is 1. The van der Waals surface area contributed by atoms with Crippen LogP contribution in [-0.4, -0.2) is 36.2 Å². The van der Waals surface area contributed by atoms with E-state index >= 15 is 0 Å². The van der Waals surface area contributed by atoms with Crippen molar-refractivity contribution in [3.63, 3.8) is 0 Å². The molecule has 5 nitrogen and oxygen atoms in total. The fourth-order valence-electron chi connectivity index (χ4n) is 2.26. The molecule has 2 heterocycles. The summed E-state index contributed by atoms with van der Waals surface area (Å²) in [6.45, 7) is 3.06. The minimum atomic E-state index is 0.373. The average molecular weight is 236 g/mol. The van der Waals surface area contributed by atoms with Gasteiger partial charge in [-0.3, -0.25) is 4.90 Å². The van der Waals surface area contributed by atoms with Gasteiger partial charge >= 0.3 is 0 Å². The molecule has 17 heavy (non-hydrogen) atoms. The Morgan fingerprint density at radius 2 is 2.53 bits per heavy atom. The van der Waals surface area contributed by atoms with Crippen molar-refractivity contribution in [3.8, 4) is 0 Å². The van der Waals surface area contributed by atoms with Crippen molar-refractivity contribution in [1.29, 1.82) is 0 Å². The first-order valence-corrected chi connectivity index (χ1v) is 5.98. The molecule has 0 saturated carbocycles. The Balaban J connectivity index is 1.95. The van der Waals surface area contributed by atoms with Gasteiger partial charge < -0.3 is 10.2 Å². The predicted octanol–water partition coefficient (Wildman–Crippen LogP) is 0.978. The molecule has 1 aromatic heterocycles. The number of nitrogens with two attached hydrogens (primary N) is 1. The van der Waals surface area contributed by atoms with Crippen LogP contribution >= 0.6 is 0 Å². The fourth-order valence-corrected chi connectivity index (χ4v) is 2.26. The van der Waals surface area contributed by atoms with Crippen molar-refractivity contribution in [2.75, 3.05) is 25.6 Å². The minimum absolute atomic E-state index is 0.373. The van der Waals surface area contributed by atoms with E-state index in [1.165, 1.54) is 18.4 Å². The first-order valence-electron chi connectivity index (χ1n) is 5.98. The Kier molecular flexibility index (Phi) is 4.30. The van der Waals surface area contributed by atoms with E-state index in [-0.39, 0.29) is 0 Å². The first-order chi connectivity index (χ1) is 8.31. The zero-order valence-electron chi connectivity index (χ0n) is 10.2. The van der Waals surface area contributed by atoms with E-state index < -0.39 is 0 Å². The van der Waals surface area contributed by atoms with E-state index in [2.05, 4.69) is 15.3 Å². The summed E-state index contributed by atoms with van der Waals surface area (Å²) in [7, 11) is 1.79. The summed E-state index contributed by atoms with van der Waals surface area (Å²) < 4.78 is 5.42. The molecule has 1 unspecified atom stereocenters. The maximum atomic E-state index is 5.42. The average Bonchev–Trinajstić information content (AvgIpc) is 2.39. The summed E-state index contributed by atoms with van der Waals surface area (Å²) in [5, 5.41) is 0. The normalized spacial score (nSPS) is 21.4. The van der Waals surface area contributed by atoms with Gasteiger partial charge in [0.1, 0.15) is 5.82 Å². The lowest BCUT2D eigenvalue weighted by Gasteiger charge is -2.31. The van der Waals surface area contributed by atoms with Crippen LogP contribution in [0.1, 0.15) is 18.4 Å². The molecule has 0 bridgehead atoms. The second kappa shape index (κ2) is 5.95. The number of pyridine rings is 1. The van der Waals surface area contributed by atoms with Gasteiger partial charge in [-0.05, 0) is 37.1 Å². The number of nitrogens with zero attached hydrogens (tertiary/aromatic N) is 2.